The number of nitrogens with zero attached hydrogens (tertiary/aromatic N) is 4. The summed E-state index contributed by atoms with van der Waals surface area (Å²) in [5, 5.41) is 0.307. The Morgan fingerprint density at radius 3 is 2.63 bits per heavy atom. The number of hydrogen-bond donors (Lipinski definition) is 0. The van der Waals surface area contributed by atoms with Gasteiger partial charge < -0.3 is 4.74 Å². The van der Waals surface area contributed by atoms with Gasteiger partial charge in [-0.15, -0.1) is 0 Å². The molecule has 0 unspecified atom stereocenters. The van der Waals surface area contributed by atoms with Crippen molar-refractivity contribution in [2.75, 3.05) is 26.2 Å². The van der Waals surface area contributed by atoms with Crippen LogP contribution in [-0.2, 0) is 10.0 Å². The van der Waals surface area contributed by atoms with Crippen molar-refractivity contribution < 1.29 is 13.2 Å². The molecule has 2 atom stereocenters. The maximum absolute atomic E-state index is 13.1. The summed E-state index contributed by atoms with van der Waals surface area (Å²) in [6, 6.07) is 4.78. The molecule has 0 radical (unpaired) electrons. The molecule has 3 fully saturated rings. The molecular weight excluding hydrogens is 447 g/mol. The molecule has 160 valence electrons. The van der Waals surface area contributed by atoms with Gasteiger partial charge in [-0.1, -0.05) is 29.3 Å². The number of piperazine rings is 1. The lowest BCUT2D eigenvalue weighted by Crippen LogP contribution is -2.51. The van der Waals surface area contributed by atoms with Crippen LogP contribution >= 0.6 is 23.2 Å². The second-order valence-electron chi connectivity index (χ2n) is 8.09. The fourth-order valence-corrected chi connectivity index (χ4v) is 6.45. The zero-order chi connectivity index (χ0) is 20.9. The number of ether oxygens (including phenoxy) is 1. The van der Waals surface area contributed by atoms with Crippen molar-refractivity contribution in [3.63, 3.8) is 0 Å². The first-order valence-corrected chi connectivity index (χ1v) is 12.3. The minimum absolute atomic E-state index is 0.0338. The molecule has 1 aromatic heterocycles. The monoisotopic (exact) mass is 468 g/mol. The fourth-order valence-electron chi connectivity index (χ4n) is 4.24. The number of rotatable bonds is 5. The summed E-state index contributed by atoms with van der Waals surface area (Å²) in [6.07, 6.45) is 6.58. The molecule has 1 aliphatic carbocycles. The van der Waals surface area contributed by atoms with E-state index in [2.05, 4.69) is 14.9 Å². The molecule has 1 saturated carbocycles. The summed E-state index contributed by atoms with van der Waals surface area (Å²) in [4.78, 5) is 11.2. The Balaban J connectivity index is 1.25. The lowest BCUT2D eigenvalue weighted by molar-refractivity contribution is 0.151. The van der Waals surface area contributed by atoms with E-state index in [0.29, 0.717) is 31.4 Å². The average molecular weight is 469 g/mol. The van der Waals surface area contributed by atoms with Gasteiger partial charge in [0.05, 0.1) is 28.1 Å². The second kappa shape index (κ2) is 7.91. The summed E-state index contributed by atoms with van der Waals surface area (Å²) >= 11 is 12.2. The normalized spacial score (nSPS) is 25.3. The molecule has 2 aromatic rings. The summed E-state index contributed by atoms with van der Waals surface area (Å²) in [5.74, 6) is 1.09. The molecule has 3 heterocycles. The minimum Gasteiger partial charge on any atom is -0.472 e. The molecule has 5 rings (SSSR count). The molecule has 30 heavy (non-hydrogen) atoms. The van der Waals surface area contributed by atoms with Crippen molar-refractivity contribution in [3.05, 3.63) is 46.3 Å². The van der Waals surface area contributed by atoms with Gasteiger partial charge in [0.25, 0.3) is 0 Å². The van der Waals surface area contributed by atoms with Crippen LogP contribution in [-0.4, -0.2) is 65.9 Å². The van der Waals surface area contributed by atoms with Crippen LogP contribution in [0.1, 0.15) is 30.9 Å². The predicted octanol–water partition coefficient (Wildman–Crippen LogP) is 3.19. The lowest BCUT2D eigenvalue weighted by Gasteiger charge is -2.36. The molecule has 0 bridgehead atoms. The second-order valence-corrected chi connectivity index (χ2v) is 10.8. The van der Waals surface area contributed by atoms with Crippen LogP contribution in [0, 0.1) is 0 Å². The highest BCUT2D eigenvalue weighted by molar-refractivity contribution is 7.89. The molecule has 2 saturated heterocycles. The van der Waals surface area contributed by atoms with Gasteiger partial charge in [0.2, 0.25) is 15.9 Å². The number of halogens is 2. The third-order valence-corrected chi connectivity index (χ3v) is 8.84. The highest BCUT2D eigenvalue weighted by Gasteiger charge is 2.41. The van der Waals surface area contributed by atoms with E-state index in [-0.39, 0.29) is 27.1 Å². The first-order valence-electron chi connectivity index (χ1n) is 10.1. The van der Waals surface area contributed by atoms with Gasteiger partial charge >= 0.3 is 0 Å². The summed E-state index contributed by atoms with van der Waals surface area (Å²) < 4.78 is 33.8. The number of fused-ring (bicyclic) bond motifs is 1. The van der Waals surface area contributed by atoms with E-state index >= 15 is 0 Å². The molecule has 7 nitrogen and oxygen atoms in total. The van der Waals surface area contributed by atoms with Crippen molar-refractivity contribution in [2.45, 2.75) is 42.2 Å². The van der Waals surface area contributed by atoms with Crippen LogP contribution in [0.4, 0.5) is 0 Å². The predicted molar refractivity (Wildman–Crippen MR) is 114 cm³/mol. The maximum atomic E-state index is 13.1. The third kappa shape index (κ3) is 3.91. The van der Waals surface area contributed by atoms with Gasteiger partial charge in [-0.3, -0.25) is 9.88 Å². The number of aromatic nitrogens is 2. The first kappa shape index (κ1) is 20.5. The van der Waals surface area contributed by atoms with Crippen LogP contribution in [0.5, 0.6) is 5.88 Å². The zero-order valence-electron chi connectivity index (χ0n) is 16.2. The molecule has 0 N–H and O–H groups in total. The van der Waals surface area contributed by atoms with E-state index < -0.39 is 10.0 Å². The van der Waals surface area contributed by atoms with Gasteiger partial charge in [0.1, 0.15) is 11.0 Å². The Labute approximate surface area is 186 Å². The molecule has 0 spiro atoms. The van der Waals surface area contributed by atoms with Gasteiger partial charge in [-0.25, -0.2) is 13.4 Å². The molecule has 1 aromatic carbocycles. The topological polar surface area (TPSA) is 75.6 Å². The highest BCUT2D eigenvalue weighted by Crippen LogP contribution is 2.39. The minimum atomic E-state index is -3.71. The number of sulfonamides is 1. The van der Waals surface area contributed by atoms with Crippen molar-refractivity contribution in [1.82, 2.24) is 19.2 Å². The van der Waals surface area contributed by atoms with E-state index in [9.17, 15) is 8.42 Å². The summed E-state index contributed by atoms with van der Waals surface area (Å²) in [7, 11) is -3.71. The summed E-state index contributed by atoms with van der Waals surface area (Å²) in [5.41, 5.74) is 1.03. The molecular formula is C20H22Cl2N4O3S. The maximum Gasteiger partial charge on any atom is 0.244 e. The van der Waals surface area contributed by atoms with Crippen LogP contribution in [0.2, 0.25) is 10.0 Å². The van der Waals surface area contributed by atoms with E-state index in [4.69, 9.17) is 27.9 Å². The Morgan fingerprint density at radius 1 is 1.07 bits per heavy atom. The number of hydrogen-bond acceptors (Lipinski definition) is 6. The first-order chi connectivity index (χ1) is 14.4. The molecule has 0 amide bonds. The zero-order valence-corrected chi connectivity index (χ0v) is 18.6. The Kier molecular flexibility index (Phi) is 5.39. The fraction of sp³-hybridized carbons (Fsp3) is 0.500. The summed E-state index contributed by atoms with van der Waals surface area (Å²) in [6.45, 7) is 2.21. The van der Waals surface area contributed by atoms with Crippen molar-refractivity contribution in [2.24, 2.45) is 0 Å². The van der Waals surface area contributed by atoms with Crippen LogP contribution in [0.3, 0.4) is 0 Å². The Hall–Kier alpha value is -1.45. The van der Waals surface area contributed by atoms with Gasteiger partial charge in [-0.05, 0) is 25.0 Å². The third-order valence-electron chi connectivity index (χ3n) is 6.01. The van der Waals surface area contributed by atoms with Crippen molar-refractivity contribution in [3.8, 4) is 5.88 Å². The largest absolute Gasteiger partial charge is 0.472 e. The molecule has 3 aliphatic rings. The molecule has 10 heteroatoms. The quantitative estimate of drug-likeness (QED) is 0.670. The smallest absolute Gasteiger partial charge is 0.244 e. The van der Waals surface area contributed by atoms with E-state index in [1.165, 1.54) is 23.2 Å². The molecule has 2 aliphatic heterocycles. The van der Waals surface area contributed by atoms with E-state index in [1.54, 1.807) is 24.5 Å². The average Bonchev–Trinajstić information content (AvgIpc) is 3.50. The Morgan fingerprint density at radius 2 is 1.90 bits per heavy atom. The van der Waals surface area contributed by atoms with Crippen molar-refractivity contribution in [1.29, 1.82) is 0 Å². The van der Waals surface area contributed by atoms with Gasteiger partial charge in [-0.2, -0.15) is 4.31 Å². The standard InChI is InChI=1S/C20H22Cl2N4O3S/c21-16-2-1-3-18(20(16)22)30(27,28)26-7-6-25-12-15(8-14(25)11-26)29-19-10-23-17(9-24-19)13-4-5-13/h1-3,9-10,13-15H,4-8,11-12H2/t14-,15-/m0/s1. The highest BCUT2D eigenvalue weighted by atomic mass is 35.5. The van der Waals surface area contributed by atoms with Crippen LogP contribution in [0.25, 0.3) is 0 Å². The van der Waals surface area contributed by atoms with Crippen molar-refractivity contribution >= 4 is 33.2 Å². The Bertz CT molecular complexity index is 1050. The van der Waals surface area contributed by atoms with E-state index in [0.717, 1.165) is 18.7 Å². The van der Waals surface area contributed by atoms with Crippen LogP contribution < -0.4 is 4.74 Å². The lowest BCUT2D eigenvalue weighted by atomic mass is 10.2. The van der Waals surface area contributed by atoms with Crippen LogP contribution in [0.15, 0.2) is 35.5 Å². The van der Waals surface area contributed by atoms with Gasteiger partial charge in [0, 0.05) is 44.6 Å². The number of benzene rings is 1. The van der Waals surface area contributed by atoms with Gasteiger partial charge in [0.15, 0.2) is 0 Å². The SMILES string of the molecule is O=S(=O)(c1cccc(Cl)c1Cl)N1CCN2C[C@@H](Oc3cnc(C4CC4)cn3)C[C@H]2C1. The van der Waals surface area contributed by atoms with E-state index in [1.807, 2.05) is 0 Å².